The van der Waals surface area contributed by atoms with E-state index in [1.807, 2.05) is 0 Å². The van der Waals surface area contributed by atoms with E-state index in [2.05, 4.69) is 11.8 Å². The Bertz CT molecular complexity index is 134. The SMILES string of the molecule is CC1CC2CCC(C1)N2CO. The Labute approximate surface area is 68.2 Å². The fourth-order valence-corrected chi connectivity index (χ4v) is 2.78. The molecule has 0 spiro atoms. The molecule has 0 saturated carbocycles. The van der Waals surface area contributed by atoms with E-state index < -0.39 is 0 Å². The van der Waals surface area contributed by atoms with Crippen molar-refractivity contribution in [2.45, 2.75) is 44.7 Å². The predicted molar refractivity (Wildman–Crippen MR) is 44.1 cm³/mol. The van der Waals surface area contributed by atoms with Crippen LogP contribution in [-0.4, -0.2) is 28.8 Å². The molecule has 1 N–H and O–H groups in total. The highest BCUT2D eigenvalue weighted by molar-refractivity contribution is 4.92. The van der Waals surface area contributed by atoms with E-state index in [4.69, 9.17) is 5.11 Å². The van der Waals surface area contributed by atoms with Gasteiger partial charge in [-0.05, 0) is 31.6 Å². The van der Waals surface area contributed by atoms with Gasteiger partial charge in [0.1, 0.15) is 0 Å². The Kier molecular flexibility index (Phi) is 1.90. The lowest BCUT2D eigenvalue weighted by Crippen LogP contribution is -2.42. The first-order valence-electron chi connectivity index (χ1n) is 4.68. The fourth-order valence-electron chi connectivity index (χ4n) is 2.78. The molecule has 2 rings (SSSR count). The average Bonchev–Trinajstić information content (AvgIpc) is 2.23. The first kappa shape index (κ1) is 7.56. The lowest BCUT2D eigenvalue weighted by atomic mass is 9.93. The first-order valence-corrected chi connectivity index (χ1v) is 4.68. The molecular formula is C9H17NO. The van der Waals surface area contributed by atoms with Crippen molar-refractivity contribution in [1.82, 2.24) is 4.90 Å². The largest absolute Gasteiger partial charge is 0.381 e. The van der Waals surface area contributed by atoms with Crippen molar-refractivity contribution in [2.24, 2.45) is 5.92 Å². The van der Waals surface area contributed by atoms with Crippen molar-refractivity contribution in [3.8, 4) is 0 Å². The smallest absolute Gasteiger partial charge is 0.0961 e. The molecule has 2 unspecified atom stereocenters. The van der Waals surface area contributed by atoms with Crippen LogP contribution in [0.2, 0.25) is 0 Å². The van der Waals surface area contributed by atoms with Crippen LogP contribution in [0.1, 0.15) is 32.6 Å². The molecule has 2 fully saturated rings. The third-order valence-corrected chi connectivity index (χ3v) is 3.28. The molecule has 2 saturated heterocycles. The van der Waals surface area contributed by atoms with Crippen molar-refractivity contribution in [2.75, 3.05) is 6.73 Å². The van der Waals surface area contributed by atoms with Crippen molar-refractivity contribution in [3.63, 3.8) is 0 Å². The quantitative estimate of drug-likeness (QED) is 0.615. The zero-order valence-electron chi connectivity index (χ0n) is 7.16. The Balaban J connectivity index is 2.06. The summed E-state index contributed by atoms with van der Waals surface area (Å²) in [4.78, 5) is 2.28. The van der Waals surface area contributed by atoms with Crippen LogP contribution in [0.25, 0.3) is 0 Å². The lowest BCUT2D eigenvalue weighted by Gasteiger charge is -2.36. The number of fused-ring (bicyclic) bond motifs is 2. The molecule has 2 aliphatic rings. The predicted octanol–water partition coefficient (Wildman–Crippen LogP) is 1.20. The molecule has 64 valence electrons. The van der Waals surface area contributed by atoms with E-state index in [1.54, 1.807) is 0 Å². The van der Waals surface area contributed by atoms with Gasteiger partial charge in [0.25, 0.3) is 0 Å². The highest BCUT2D eigenvalue weighted by atomic mass is 16.3. The number of piperidine rings is 1. The van der Waals surface area contributed by atoms with Gasteiger partial charge in [0.05, 0.1) is 6.73 Å². The number of aliphatic hydroxyl groups excluding tert-OH is 1. The van der Waals surface area contributed by atoms with Crippen LogP contribution in [0.5, 0.6) is 0 Å². The summed E-state index contributed by atoms with van der Waals surface area (Å²) in [5.41, 5.74) is 0. The summed E-state index contributed by atoms with van der Waals surface area (Å²) in [6, 6.07) is 1.41. The number of aliphatic hydroxyl groups is 1. The van der Waals surface area contributed by atoms with Crippen molar-refractivity contribution < 1.29 is 5.11 Å². The number of hydrogen-bond acceptors (Lipinski definition) is 2. The van der Waals surface area contributed by atoms with Gasteiger partial charge in [-0.25, -0.2) is 0 Å². The zero-order valence-corrected chi connectivity index (χ0v) is 7.16. The van der Waals surface area contributed by atoms with Crippen molar-refractivity contribution >= 4 is 0 Å². The number of nitrogens with zero attached hydrogens (tertiary/aromatic N) is 1. The van der Waals surface area contributed by atoms with E-state index in [0.717, 1.165) is 5.92 Å². The average molecular weight is 155 g/mol. The molecular weight excluding hydrogens is 138 g/mol. The Morgan fingerprint density at radius 1 is 1.27 bits per heavy atom. The fraction of sp³-hybridized carbons (Fsp3) is 1.00. The topological polar surface area (TPSA) is 23.5 Å². The van der Waals surface area contributed by atoms with E-state index in [-0.39, 0.29) is 6.73 Å². The van der Waals surface area contributed by atoms with Crippen LogP contribution in [0.3, 0.4) is 0 Å². The second-order valence-electron chi connectivity index (χ2n) is 4.12. The standard InChI is InChI=1S/C9H17NO/c1-7-4-8-2-3-9(5-7)10(8)6-11/h7-9,11H,2-6H2,1H3. The molecule has 11 heavy (non-hydrogen) atoms. The van der Waals surface area contributed by atoms with Gasteiger partial charge < -0.3 is 5.11 Å². The minimum absolute atomic E-state index is 0.280. The summed E-state index contributed by atoms with van der Waals surface area (Å²) in [5.74, 6) is 0.885. The Morgan fingerprint density at radius 3 is 2.27 bits per heavy atom. The van der Waals surface area contributed by atoms with Crippen LogP contribution in [0.15, 0.2) is 0 Å². The molecule has 0 aromatic heterocycles. The van der Waals surface area contributed by atoms with E-state index in [1.165, 1.54) is 25.7 Å². The third kappa shape index (κ3) is 1.18. The number of hydrogen-bond donors (Lipinski definition) is 1. The van der Waals surface area contributed by atoms with Crippen LogP contribution in [0.4, 0.5) is 0 Å². The minimum atomic E-state index is 0.280. The summed E-state index contributed by atoms with van der Waals surface area (Å²) in [6.07, 6.45) is 5.24. The van der Waals surface area contributed by atoms with Gasteiger partial charge in [-0.3, -0.25) is 4.90 Å². The van der Waals surface area contributed by atoms with E-state index in [0.29, 0.717) is 12.1 Å². The monoisotopic (exact) mass is 155 g/mol. The van der Waals surface area contributed by atoms with Gasteiger partial charge in [0, 0.05) is 12.1 Å². The second kappa shape index (κ2) is 2.76. The highest BCUT2D eigenvalue weighted by Crippen LogP contribution is 2.37. The molecule has 0 aliphatic carbocycles. The molecule has 2 heterocycles. The Hall–Kier alpha value is -0.0800. The summed E-state index contributed by atoms with van der Waals surface area (Å²) in [5, 5.41) is 9.08. The van der Waals surface area contributed by atoms with Gasteiger partial charge in [0.15, 0.2) is 0 Å². The molecule has 0 aromatic carbocycles. The maximum atomic E-state index is 9.08. The highest BCUT2D eigenvalue weighted by Gasteiger charge is 2.38. The third-order valence-electron chi connectivity index (χ3n) is 3.28. The lowest BCUT2D eigenvalue weighted by molar-refractivity contribution is 0.0230. The van der Waals surface area contributed by atoms with E-state index in [9.17, 15) is 0 Å². The molecule has 2 heteroatoms. The molecule has 2 nitrogen and oxygen atoms in total. The van der Waals surface area contributed by atoms with Gasteiger partial charge in [-0.15, -0.1) is 0 Å². The maximum Gasteiger partial charge on any atom is 0.0961 e. The van der Waals surface area contributed by atoms with Crippen LogP contribution < -0.4 is 0 Å². The van der Waals surface area contributed by atoms with Gasteiger partial charge in [-0.1, -0.05) is 6.92 Å². The molecule has 0 aromatic rings. The summed E-state index contributed by atoms with van der Waals surface area (Å²) >= 11 is 0. The molecule has 0 radical (unpaired) electrons. The van der Waals surface area contributed by atoms with Crippen LogP contribution in [-0.2, 0) is 0 Å². The maximum absolute atomic E-state index is 9.08. The second-order valence-corrected chi connectivity index (χ2v) is 4.12. The Morgan fingerprint density at radius 2 is 1.82 bits per heavy atom. The zero-order chi connectivity index (χ0) is 7.84. The van der Waals surface area contributed by atoms with Crippen LogP contribution >= 0.6 is 0 Å². The van der Waals surface area contributed by atoms with Crippen LogP contribution in [0, 0.1) is 5.92 Å². The molecule has 0 amide bonds. The first-order chi connectivity index (χ1) is 5.31. The molecule has 2 bridgehead atoms. The van der Waals surface area contributed by atoms with Gasteiger partial charge in [-0.2, -0.15) is 0 Å². The molecule has 2 aliphatic heterocycles. The summed E-state index contributed by atoms with van der Waals surface area (Å²) < 4.78 is 0. The van der Waals surface area contributed by atoms with E-state index >= 15 is 0 Å². The normalized spacial score (nSPS) is 44.7. The van der Waals surface area contributed by atoms with Crippen molar-refractivity contribution in [1.29, 1.82) is 0 Å². The van der Waals surface area contributed by atoms with Gasteiger partial charge >= 0.3 is 0 Å². The molecule has 2 atom stereocenters. The van der Waals surface area contributed by atoms with Gasteiger partial charge in [0.2, 0.25) is 0 Å². The van der Waals surface area contributed by atoms with Crippen molar-refractivity contribution in [3.05, 3.63) is 0 Å². The number of rotatable bonds is 1. The minimum Gasteiger partial charge on any atom is -0.381 e. The summed E-state index contributed by atoms with van der Waals surface area (Å²) in [6.45, 7) is 2.61. The summed E-state index contributed by atoms with van der Waals surface area (Å²) in [7, 11) is 0.